The van der Waals surface area contributed by atoms with Crippen LogP contribution in [0.15, 0.2) is 49.6 Å². The van der Waals surface area contributed by atoms with Crippen LogP contribution in [0.2, 0.25) is 0 Å². The molecule has 0 bridgehead atoms. The van der Waals surface area contributed by atoms with Crippen molar-refractivity contribution in [1.29, 1.82) is 0 Å². The van der Waals surface area contributed by atoms with Gasteiger partial charge in [-0.1, -0.05) is 102 Å². The second kappa shape index (κ2) is 21.3. The maximum atomic E-state index is 3.56. The van der Waals surface area contributed by atoms with Gasteiger partial charge in [-0.15, -0.1) is 0 Å². The maximum Gasteiger partial charge on any atom is -0.0404 e. The van der Waals surface area contributed by atoms with Crippen molar-refractivity contribution in [3.05, 3.63) is 49.6 Å². The number of rotatable bonds is 7. The lowest BCUT2D eigenvalue weighted by Crippen LogP contribution is -1.73. The third-order valence-electron chi connectivity index (χ3n) is 2.15. The fourth-order valence-corrected chi connectivity index (χ4v) is 0.854. The molecule has 0 aliphatic rings. The number of hydrogen-bond acceptors (Lipinski definition) is 0. The topological polar surface area (TPSA) is 0 Å². The summed E-state index contributed by atoms with van der Waals surface area (Å²) in [6.45, 7) is 22.4. The summed E-state index contributed by atoms with van der Waals surface area (Å²) in [4.78, 5) is 0. The summed E-state index contributed by atoms with van der Waals surface area (Å²) in [6.07, 6.45) is 11.9. The SMILES string of the molecule is C=CC(=C)C.C=CC(=C)C.CCCCCCCC. The maximum absolute atomic E-state index is 3.56. The van der Waals surface area contributed by atoms with Crippen molar-refractivity contribution < 1.29 is 0 Å². The zero-order valence-electron chi connectivity index (χ0n) is 13.2. The van der Waals surface area contributed by atoms with Gasteiger partial charge in [-0.2, -0.15) is 0 Å². The molecule has 0 atom stereocenters. The first-order valence-corrected chi connectivity index (χ1v) is 7.02. The molecule has 0 saturated carbocycles. The summed E-state index contributed by atoms with van der Waals surface area (Å²) in [7, 11) is 0. The van der Waals surface area contributed by atoms with E-state index in [4.69, 9.17) is 0 Å². The third-order valence-corrected chi connectivity index (χ3v) is 2.15. The second-order valence-electron chi connectivity index (χ2n) is 4.52. The molecule has 0 aliphatic heterocycles. The van der Waals surface area contributed by atoms with Gasteiger partial charge in [0.25, 0.3) is 0 Å². The fourth-order valence-electron chi connectivity index (χ4n) is 0.854. The van der Waals surface area contributed by atoms with Gasteiger partial charge in [0.2, 0.25) is 0 Å². The molecule has 106 valence electrons. The quantitative estimate of drug-likeness (QED) is 0.342. The highest BCUT2D eigenvalue weighted by molar-refractivity contribution is 5.06. The Morgan fingerprint density at radius 3 is 1.06 bits per heavy atom. The second-order valence-corrected chi connectivity index (χ2v) is 4.52. The van der Waals surface area contributed by atoms with Crippen molar-refractivity contribution in [3.63, 3.8) is 0 Å². The van der Waals surface area contributed by atoms with Gasteiger partial charge in [0, 0.05) is 0 Å². The molecule has 18 heavy (non-hydrogen) atoms. The Morgan fingerprint density at radius 2 is 0.944 bits per heavy atom. The Kier molecular flexibility index (Phi) is 26.2. The van der Waals surface area contributed by atoms with Crippen molar-refractivity contribution in [2.24, 2.45) is 0 Å². The van der Waals surface area contributed by atoms with E-state index in [9.17, 15) is 0 Å². The van der Waals surface area contributed by atoms with Gasteiger partial charge < -0.3 is 0 Å². The third kappa shape index (κ3) is 46.0. The molecule has 0 aromatic carbocycles. The van der Waals surface area contributed by atoms with Gasteiger partial charge in [0.15, 0.2) is 0 Å². The van der Waals surface area contributed by atoms with E-state index in [0.29, 0.717) is 0 Å². The molecule has 0 unspecified atom stereocenters. The largest absolute Gasteiger partial charge is 0.0988 e. The molecule has 0 N–H and O–H groups in total. The standard InChI is InChI=1S/C8H18.2C5H8/c1-3-5-7-8-6-4-2;2*1-4-5(2)3/h3-8H2,1-2H3;2*4H,1-2H2,3H3. The first-order valence-electron chi connectivity index (χ1n) is 7.02. The molecule has 0 saturated heterocycles. The van der Waals surface area contributed by atoms with E-state index in [1.807, 2.05) is 13.8 Å². The first-order chi connectivity index (χ1) is 8.45. The minimum atomic E-state index is 1.02. The lowest BCUT2D eigenvalue weighted by Gasteiger charge is -1.93. The highest BCUT2D eigenvalue weighted by Gasteiger charge is 1.83. The minimum Gasteiger partial charge on any atom is -0.0988 e. The van der Waals surface area contributed by atoms with E-state index in [0.717, 1.165) is 11.1 Å². The molecule has 0 aromatic rings. The van der Waals surface area contributed by atoms with Gasteiger partial charge in [0.05, 0.1) is 0 Å². The van der Waals surface area contributed by atoms with Gasteiger partial charge in [0.1, 0.15) is 0 Å². The summed E-state index contributed by atoms with van der Waals surface area (Å²) < 4.78 is 0. The summed E-state index contributed by atoms with van der Waals surface area (Å²) in [5, 5.41) is 0. The van der Waals surface area contributed by atoms with Crippen molar-refractivity contribution in [2.45, 2.75) is 66.2 Å². The predicted octanol–water partition coefficient (Wildman–Crippen LogP) is 6.86. The Hall–Kier alpha value is -1.04. The molecular weight excluding hydrogens is 216 g/mol. The first kappa shape index (κ1) is 22.2. The molecule has 0 heterocycles. The van der Waals surface area contributed by atoms with Gasteiger partial charge in [-0.05, 0) is 13.8 Å². The van der Waals surface area contributed by atoms with E-state index in [2.05, 4.69) is 40.2 Å². The van der Waals surface area contributed by atoms with Crippen molar-refractivity contribution in [3.8, 4) is 0 Å². The Labute approximate surface area is 116 Å². The van der Waals surface area contributed by atoms with Crippen molar-refractivity contribution in [2.75, 3.05) is 0 Å². The van der Waals surface area contributed by atoms with Gasteiger partial charge in [-0.25, -0.2) is 0 Å². The summed E-state index contributed by atoms with van der Waals surface area (Å²) in [6, 6.07) is 0. The lowest BCUT2D eigenvalue weighted by molar-refractivity contribution is 0.624. The van der Waals surface area contributed by atoms with Crippen LogP contribution in [0.3, 0.4) is 0 Å². The van der Waals surface area contributed by atoms with E-state index < -0.39 is 0 Å². The van der Waals surface area contributed by atoms with Crippen LogP contribution in [0.25, 0.3) is 0 Å². The van der Waals surface area contributed by atoms with Gasteiger partial charge in [-0.3, -0.25) is 0 Å². The van der Waals surface area contributed by atoms with E-state index >= 15 is 0 Å². The predicted molar refractivity (Wildman–Crippen MR) is 89.1 cm³/mol. The number of unbranched alkanes of at least 4 members (excludes halogenated alkanes) is 5. The number of allylic oxidation sites excluding steroid dienone is 4. The summed E-state index contributed by atoms with van der Waals surface area (Å²) in [5.41, 5.74) is 2.04. The highest BCUT2D eigenvalue weighted by atomic mass is 13.9. The zero-order chi connectivity index (χ0) is 14.8. The molecule has 0 radical (unpaired) electrons. The average Bonchev–Trinajstić information content (AvgIpc) is 2.36. The smallest absolute Gasteiger partial charge is 0.0404 e. The van der Waals surface area contributed by atoms with Gasteiger partial charge >= 0.3 is 0 Å². The molecule has 0 heteroatoms. The Balaban J connectivity index is -0.000000197. The number of hydrogen-bond donors (Lipinski definition) is 0. The molecule has 0 rings (SSSR count). The normalized spacial score (nSPS) is 8.00. The average molecular weight is 250 g/mol. The van der Waals surface area contributed by atoms with E-state index in [1.165, 1.54) is 38.5 Å². The van der Waals surface area contributed by atoms with Crippen molar-refractivity contribution >= 4 is 0 Å². The molecule has 0 nitrogen and oxygen atoms in total. The van der Waals surface area contributed by atoms with E-state index in [-0.39, 0.29) is 0 Å². The zero-order valence-corrected chi connectivity index (χ0v) is 13.2. The van der Waals surface area contributed by atoms with Crippen LogP contribution in [0.5, 0.6) is 0 Å². The molecule has 0 fully saturated rings. The van der Waals surface area contributed by atoms with Crippen LogP contribution in [0.1, 0.15) is 66.2 Å². The summed E-state index contributed by atoms with van der Waals surface area (Å²) in [5.74, 6) is 0. The van der Waals surface area contributed by atoms with Crippen LogP contribution in [-0.4, -0.2) is 0 Å². The van der Waals surface area contributed by atoms with Crippen LogP contribution in [0.4, 0.5) is 0 Å². The molecule has 0 aliphatic carbocycles. The van der Waals surface area contributed by atoms with Crippen LogP contribution in [0, 0.1) is 0 Å². The van der Waals surface area contributed by atoms with Crippen LogP contribution >= 0.6 is 0 Å². The molecule has 0 amide bonds. The van der Waals surface area contributed by atoms with Crippen molar-refractivity contribution in [1.82, 2.24) is 0 Å². The molecule has 0 spiro atoms. The minimum absolute atomic E-state index is 1.02. The van der Waals surface area contributed by atoms with E-state index in [1.54, 1.807) is 12.2 Å². The molecular formula is C18H34. The fraction of sp³-hybridized carbons (Fsp3) is 0.556. The Morgan fingerprint density at radius 1 is 0.722 bits per heavy atom. The monoisotopic (exact) mass is 250 g/mol. The highest BCUT2D eigenvalue weighted by Crippen LogP contribution is 2.03. The molecule has 0 aromatic heterocycles. The summed E-state index contributed by atoms with van der Waals surface area (Å²) >= 11 is 0. The van der Waals surface area contributed by atoms with Crippen LogP contribution < -0.4 is 0 Å². The van der Waals surface area contributed by atoms with Crippen LogP contribution in [-0.2, 0) is 0 Å². The lowest BCUT2D eigenvalue weighted by atomic mass is 10.1. The Bertz CT molecular complexity index is 184.